The number of unbranched alkanes of at least 4 members (excludes halogenated alkanes) is 2. The lowest BCUT2D eigenvalue weighted by atomic mass is 10.0. The van der Waals surface area contributed by atoms with Crippen LogP contribution in [-0.4, -0.2) is 57.7 Å². The summed E-state index contributed by atoms with van der Waals surface area (Å²) in [5.41, 5.74) is 3.02. The van der Waals surface area contributed by atoms with Crippen LogP contribution in [0.2, 0.25) is 0 Å². The molecule has 0 N–H and O–H groups in total. The number of rotatable bonds is 20. The van der Waals surface area contributed by atoms with Crippen LogP contribution in [0.1, 0.15) is 31.7 Å². The maximum absolute atomic E-state index is 11.2. The summed E-state index contributed by atoms with van der Waals surface area (Å²) in [4.78, 5) is 33.1. The van der Waals surface area contributed by atoms with Crippen LogP contribution in [0.3, 0.4) is 0 Å². The van der Waals surface area contributed by atoms with Gasteiger partial charge in [0.25, 0.3) is 0 Å². The lowest BCUT2D eigenvalue weighted by Gasteiger charge is -2.13. The molecular weight excluding hydrogens is 516 g/mol. The predicted octanol–water partition coefficient (Wildman–Crippen LogP) is 6.24. The van der Waals surface area contributed by atoms with Gasteiger partial charge in [-0.15, -0.1) is 0 Å². The number of carbonyl (C=O) groups excluding carboxylic acids is 1. The summed E-state index contributed by atoms with van der Waals surface area (Å²) in [5, 5.41) is 6.87. The SMILES string of the molecule is C=CC(=O)OCC(COCCOCC(COc1ccc2cc(-c3ccc(CCCCC)cc3)oc2c1)N=O)N=O. The van der Waals surface area contributed by atoms with E-state index in [1.807, 2.05) is 18.2 Å². The van der Waals surface area contributed by atoms with Gasteiger partial charge in [0.1, 0.15) is 42.4 Å². The third-order valence-corrected chi connectivity index (χ3v) is 6.12. The van der Waals surface area contributed by atoms with Crippen molar-refractivity contribution in [1.82, 2.24) is 0 Å². The summed E-state index contributed by atoms with van der Waals surface area (Å²) in [6.45, 7) is 5.66. The first-order valence-corrected chi connectivity index (χ1v) is 13.4. The van der Waals surface area contributed by atoms with Crippen LogP contribution < -0.4 is 4.74 Å². The van der Waals surface area contributed by atoms with Crippen molar-refractivity contribution in [3.8, 4) is 17.1 Å². The summed E-state index contributed by atoms with van der Waals surface area (Å²) in [6, 6.07) is 14.4. The van der Waals surface area contributed by atoms with Gasteiger partial charge in [-0.1, -0.05) is 61.0 Å². The van der Waals surface area contributed by atoms with Gasteiger partial charge in [-0.25, -0.2) is 4.79 Å². The van der Waals surface area contributed by atoms with E-state index in [9.17, 15) is 14.6 Å². The van der Waals surface area contributed by atoms with Crippen molar-refractivity contribution < 1.29 is 28.2 Å². The Balaban J connectivity index is 1.40. The number of furan rings is 1. The first-order valence-electron chi connectivity index (χ1n) is 13.4. The molecule has 214 valence electrons. The van der Waals surface area contributed by atoms with Crippen LogP contribution >= 0.6 is 0 Å². The molecule has 0 bridgehead atoms. The summed E-state index contributed by atoms with van der Waals surface area (Å²) in [7, 11) is 0. The molecule has 0 saturated carbocycles. The zero-order valence-electron chi connectivity index (χ0n) is 22.8. The Kier molecular flexibility index (Phi) is 13.0. The molecule has 0 spiro atoms. The number of ether oxygens (including phenoxy) is 4. The predicted molar refractivity (Wildman–Crippen MR) is 152 cm³/mol. The molecule has 0 aliphatic heterocycles. The van der Waals surface area contributed by atoms with E-state index in [0.717, 1.165) is 29.2 Å². The number of esters is 1. The van der Waals surface area contributed by atoms with Crippen LogP contribution in [0.4, 0.5) is 0 Å². The van der Waals surface area contributed by atoms with Crippen LogP contribution in [0.5, 0.6) is 5.75 Å². The number of nitroso groups, excluding NO2 is 2. The second kappa shape index (κ2) is 16.9. The fraction of sp³-hybridized carbons (Fsp3) is 0.433. The van der Waals surface area contributed by atoms with Crippen molar-refractivity contribution in [2.75, 3.05) is 39.6 Å². The normalized spacial score (nSPS) is 12.5. The smallest absolute Gasteiger partial charge is 0.330 e. The van der Waals surface area contributed by atoms with Gasteiger partial charge in [-0.3, -0.25) is 0 Å². The zero-order valence-corrected chi connectivity index (χ0v) is 22.8. The maximum atomic E-state index is 11.2. The first kappa shape index (κ1) is 30.6. The van der Waals surface area contributed by atoms with Gasteiger partial charge < -0.3 is 23.4 Å². The average Bonchev–Trinajstić information content (AvgIpc) is 3.41. The molecule has 2 unspecified atom stereocenters. The number of benzene rings is 2. The number of hydrogen-bond acceptors (Lipinski definition) is 10. The van der Waals surface area contributed by atoms with E-state index in [-0.39, 0.29) is 39.6 Å². The highest BCUT2D eigenvalue weighted by molar-refractivity contribution is 5.84. The van der Waals surface area contributed by atoms with Gasteiger partial charge >= 0.3 is 5.97 Å². The number of aryl methyl sites for hydroxylation is 1. The molecule has 1 heterocycles. The van der Waals surface area contributed by atoms with Gasteiger partial charge in [0.15, 0.2) is 0 Å². The minimum absolute atomic E-state index is 0.0307. The summed E-state index contributed by atoms with van der Waals surface area (Å²) >= 11 is 0. The summed E-state index contributed by atoms with van der Waals surface area (Å²) in [6.07, 6.45) is 5.73. The van der Waals surface area contributed by atoms with Crippen molar-refractivity contribution in [2.24, 2.45) is 10.4 Å². The van der Waals surface area contributed by atoms with Gasteiger partial charge in [-0.2, -0.15) is 9.81 Å². The second-order valence-electron chi connectivity index (χ2n) is 9.28. The Labute approximate surface area is 233 Å². The van der Waals surface area contributed by atoms with Crippen LogP contribution in [0.25, 0.3) is 22.3 Å². The number of hydrogen-bond donors (Lipinski definition) is 0. The largest absolute Gasteiger partial charge is 0.491 e. The third kappa shape index (κ3) is 10.0. The number of fused-ring (bicyclic) bond motifs is 1. The van der Waals surface area contributed by atoms with E-state index in [4.69, 9.17) is 23.4 Å². The minimum Gasteiger partial charge on any atom is -0.491 e. The Morgan fingerprint density at radius 1 is 0.925 bits per heavy atom. The van der Waals surface area contributed by atoms with E-state index in [1.54, 1.807) is 6.07 Å². The van der Waals surface area contributed by atoms with E-state index < -0.39 is 18.1 Å². The Bertz CT molecular complexity index is 1220. The van der Waals surface area contributed by atoms with Crippen molar-refractivity contribution in [1.29, 1.82) is 0 Å². The fourth-order valence-electron chi connectivity index (χ4n) is 3.86. The topological polar surface area (TPSA) is 126 Å². The molecule has 10 heteroatoms. The molecule has 40 heavy (non-hydrogen) atoms. The van der Waals surface area contributed by atoms with Crippen molar-refractivity contribution >= 4 is 16.9 Å². The molecule has 1 aromatic heterocycles. The molecule has 3 aromatic rings. The molecule has 0 radical (unpaired) electrons. The van der Waals surface area contributed by atoms with Gasteiger partial charge in [-0.05, 0) is 36.6 Å². The Morgan fingerprint density at radius 3 is 2.27 bits per heavy atom. The van der Waals surface area contributed by atoms with Crippen LogP contribution in [-0.2, 0) is 25.4 Å². The molecule has 2 atom stereocenters. The molecule has 0 aliphatic carbocycles. The molecule has 0 aliphatic rings. The Morgan fingerprint density at radius 2 is 1.62 bits per heavy atom. The summed E-state index contributed by atoms with van der Waals surface area (Å²) < 4.78 is 27.3. The molecule has 2 aromatic carbocycles. The molecule has 0 saturated heterocycles. The lowest BCUT2D eigenvalue weighted by molar-refractivity contribution is -0.138. The second-order valence-corrected chi connectivity index (χ2v) is 9.28. The third-order valence-electron chi connectivity index (χ3n) is 6.12. The molecule has 10 nitrogen and oxygen atoms in total. The fourth-order valence-corrected chi connectivity index (χ4v) is 3.86. The molecule has 3 rings (SSSR count). The minimum atomic E-state index is -0.829. The highest BCUT2D eigenvalue weighted by Crippen LogP contribution is 2.30. The molecule has 0 fully saturated rings. The maximum Gasteiger partial charge on any atom is 0.330 e. The average molecular weight is 553 g/mol. The van der Waals surface area contributed by atoms with Gasteiger partial charge in [0.05, 0.1) is 26.4 Å². The molecule has 0 amide bonds. The van der Waals surface area contributed by atoms with E-state index in [1.165, 1.54) is 24.8 Å². The van der Waals surface area contributed by atoms with Crippen LogP contribution in [0, 0.1) is 9.81 Å². The van der Waals surface area contributed by atoms with Crippen molar-refractivity contribution in [3.05, 3.63) is 76.6 Å². The standard InChI is InChI=1S/C30H36N2O8/c1-3-5-6-7-22-8-10-23(11-9-22)28-16-24-12-13-27(17-29(24)40-28)38-20-25(31-34)18-36-14-15-37-19-26(32-35)21-39-30(33)4-2/h4,8-13,16-17,25-26H,2-3,5-7,14-15,18-21H2,1H3. The van der Waals surface area contributed by atoms with Crippen molar-refractivity contribution in [2.45, 2.75) is 44.7 Å². The van der Waals surface area contributed by atoms with Gasteiger partial charge in [0.2, 0.25) is 0 Å². The quantitative estimate of drug-likeness (QED) is 0.0697. The highest BCUT2D eigenvalue weighted by Gasteiger charge is 2.14. The van der Waals surface area contributed by atoms with E-state index in [0.29, 0.717) is 11.3 Å². The first-order chi connectivity index (χ1) is 19.6. The van der Waals surface area contributed by atoms with E-state index >= 15 is 0 Å². The highest BCUT2D eigenvalue weighted by atomic mass is 16.5. The Hall–Kier alpha value is -3.89. The van der Waals surface area contributed by atoms with Crippen LogP contribution in [0.15, 0.2) is 76.0 Å². The monoisotopic (exact) mass is 552 g/mol. The van der Waals surface area contributed by atoms with Gasteiger partial charge in [0, 0.05) is 23.1 Å². The number of nitrogens with zero attached hydrogens (tertiary/aromatic N) is 2. The number of carbonyl (C=O) groups is 1. The summed E-state index contributed by atoms with van der Waals surface area (Å²) in [5.74, 6) is 0.698. The van der Waals surface area contributed by atoms with E-state index in [2.05, 4.69) is 48.1 Å². The lowest BCUT2D eigenvalue weighted by Crippen LogP contribution is -2.24. The van der Waals surface area contributed by atoms with Crippen molar-refractivity contribution in [3.63, 3.8) is 0 Å². The zero-order chi connectivity index (χ0) is 28.6. The molecular formula is C30H36N2O8.